The molecule has 0 radical (unpaired) electrons. The number of amides is 1. The molecule has 0 aromatic rings. The fraction of sp³-hybridized carbons (Fsp3) is 0.400. The molecule has 28 heavy (non-hydrogen) atoms. The Morgan fingerprint density at radius 1 is 1.29 bits per heavy atom. The van der Waals surface area contributed by atoms with Gasteiger partial charge >= 0.3 is 0 Å². The van der Waals surface area contributed by atoms with E-state index >= 15 is 0 Å². The smallest absolute Gasteiger partial charge is 0.238 e. The lowest BCUT2D eigenvalue weighted by atomic mass is 10.1. The fourth-order valence-electron chi connectivity index (χ4n) is 2.43. The summed E-state index contributed by atoms with van der Waals surface area (Å²) in [5, 5.41) is 8.63. The normalized spacial score (nSPS) is 17.0. The summed E-state index contributed by atoms with van der Waals surface area (Å²) in [7, 11) is 3.40. The maximum atomic E-state index is 12.0. The highest BCUT2D eigenvalue weighted by molar-refractivity contribution is 7.80. The highest BCUT2D eigenvalue weighted by atomic mass is 32.1. The maximum Gasteiger partial charge on any atom is 0.238 e. The highest BCUT2D eigenvalue weighted by Gasteiger charge is 2.12. The van der Waals surface area contributed by atoms with Crippen molar-refractivity contribution in [2.75, 3.05) is 20.6 Å². The number of rotatable bonds is 6. The molecule has 0 aromatic carbocycles. The van der Waals surface area contributed by atoms with Crippen LogP contribution in [0.4, 0.5) is 0 Å². The molecular formula is C20H32N6OS. The van der Waals surface area contributed by atoms with E-state index in [1.165, 1.54) is 0 Å². The van der Waals surface area contributed by atoms with Crippen LogP contribution in [0.2, 0.25) is 0 Å². The predicted octanol–water partition coefficient (Wildman–Crippen LogP) is 1.56. The van der Waals surface area contributed by atoms with Crippen LogP contribution in [0.15, 0.2) is 60.4 Å². The molecule has 0 fully saturated rings. The minimum absolute atomic E-state index is 0.0420. The van der Waals surface area contributed by atoms with Crippen LogP contribution >= 0.6 is 12.2 Å². The third kappa shape index (κ3) is 10.7. The largest absolute Gasteiger partial charge is 0.385 e. The highest BCUT2D eigenvalue weighted by Crippen LogP contribution is 2.04. The van der Waals surface area contributed by atoms with Crippen molar-refractivity contribution in [1.29, 1.82) is 0 Å². The van der Waals surface area contributed by atoms with Gasteiger partial charge in [0.15, 0.2) is 5.11 Å². The molecule has 1 atom stereocenters. The molecule has 0 saturated heterocycles. The van der Waals surface area contributed by atoms with Gasteiger partial charge in [-0.2, -0.15) is 0 Å². The summed E-state index contributed by atoms with van der Waals surface area (Å²) in [6.07, 6.45) is 21.5. The average molecular weight is 405 g/mol. The molecule has 1 amide bonds. The van der Waals surface area contributed by atoms with Crippen molar-refractivity contribution in [3.8, 4) is 0 Å². The van der Waals surface area contributed by atoms with E-state index in [-0.39, 0.29) is 11.9 Å². The van der Waals surface area contributed by atoms with Gasteiger partial charge in [0.1, 0.15) is 0 Å². The fourth-order valence-corrected chi connectivity index (χ4v) is 2.63. The summed E-state index contributed by atoms with van der Waals surface area (Å²) in [6.45, 7) is 0.759. The summed E-state index contributed by atoms with van der Waals surface area (Å²) in [5.74, 6) is 4.56. The number of allylic oxidation sites excluding steroid dienone is 7. The van der Waals surface area contributed by atoms with Gasteiger partial charge in [0.25, 0.3) is 0 Å². The second-order valence-electron chi connectivity index (χ2n) is 6.20. The zero-order valence-corrected chi connectivity index (χ0v) is 17.5. The van der Waals surface area contributed by atoms with E-state index in [2.05, 4.69) is 51.6 Å². The summed E-state index contributed by atoms with van der Waals surface area (Å²) in [5.41, 5.74) is 6.15. The summed E-state index contributed by atoms with van der Waals surface area (Å²) in [4.78, 5) is 12.0. The van der Waals surface area contributed by atoms with Gasteiger partial charge in [-0.3, -0.25) is 26.5 Å². The van der Waals surface area contributed by atoms with Crippen LogP contribution in [0.25, 0.3) is 0 Å². The number of nitrogens with one attached hydrogen (secondary N) is 4. The Bertz CT molecular complexity index is 639. The molecule has 1 unspecified atom stereocenters. The number of carbonyl (C=O) groups is 1. The van der Waals surface area contributed by atoms with E-state index in [1.54, 1.807) is 19.1 Å². The van der Waals surface area contributed by atoms with Crippen LogP contribution in [0, 0.1) is 0 Å². The molecule has 0 heterocycles. The van der Waals surface area contributed by atoms with E-state index in [0.717, 1.165) is 31.5 Å². The van der Waals surface area contributed by atoms with E-state index < -0.39 is 0 Å². The summed E-state index contributed by atoms with van der Waals surface area (Å²) < 4.78 is 0. The third-order valence-electron chi connectivity index (χ3n) is 3.79. The van der Waals surface area contributed by atoms with Gasteiger partial charge in [0.2, 0.25) is 5.91 Å². The Hall–Kier alpha value is -2.42. The van der Waals surface area contributed by atoms with Crippen LogP contribution in [-0.4, -0.2) is 42.7 Å². The van der Waals surface area contributed by atoms with Gasteiger partial charge in [-0.25, -0.2) is 0 Å². The minimum Gasteiger partial charge on any atom is -0.385 e. The molecule has 0 saturated carbocycles. The van der Waals surface area contributed by atoms with Crippen molar-refractivity contribution in [3.05, 3.63) is 60.4 Å². The third-order valence-corrected chi connectivity index (χ3v) is 4.18. The Balaban J connectivity index is 0.00000122. The van der Waals surface area contributed by atoms with Crippen molar-refractivity contribution in [1.82, 2.24) is 26.5 Å². The van der Waals surface area contributed by atoms with Crippen LogP contribution in [0.5, 0.6) is 0 Å². The second kappa shape index (κ2) is 14.6. The molecule has 0 aromatic heterocycles. The first kappa shape index (κ1) is 23.6. The van der Waals surface area contributed by atoms with Crippen LogP contribution in [0.3, 0.4) is 0 Å². The molecule has 6 N–H and O–H groups in total. The SMILES string of the molecule is CN(NC(=O)CCCNC1=CCC=CC=C1)C(=S)NC1C=CC=CC1.CNN. The maximum absolute atomic E-state index is 12.0. The monoisotopic (exact) mass is 404 g/mol. The molecule has 2 aliphatic rings. The van der Waals surface area contributed by atoms with Gasteiger partial charge < -0.3 is 10.6 Å². The van der Waals surface area contributed by atoms with Gasteiger partial charge in [-0.15, -0.1) is 0 Å². The Morgan fingerprint density at radius 3 is 2.75 bits per heavy atom. The number of thiocarbonyl (C=S) groups is 1. The molecule has 154 valence electrons. The van der Waals surface area contributed by atoms with E-state index in [4.69, 9.17) is 12.2 Å². The van der Waals surface area contributed by atoms with Crippen LogP contribution in [-0.2, 0) is 4.79 Å². The molecule has 2 aliphatic carbocycles. The van der Waals surface area contributed by atoms with Crippen molar-refractivity contribution in [2.45, 2.75) is 31.7 Å². The Morgan fingerprint density at radius 2 is 2.04 bits per heavy atom. The van der Waals surface area contributed by atoms with Crippen molar-refractivity contribution in [2.24, 2.45) is 5.84 Å². The van der Waals surface area contributed by atoms with E-state index in [1.807, 2.05) is 30.4 Å². The lowest BCUT2D eigenvalue weighted by Crippen LogP contribution is -2.50. The lowest BCUT2D eigenvalue weighted by Gasteiger charge is -2.25. The standard InChI is InChI=1S/C19H26N4OS.CH6N2/c1-23(19(25)21-17-12-7-4-8-13-17)22-18(24)14-9-15-20-16-10-5-2-3-6-11-16;1-3-2/h2-5,7-8,10-12,17,20H,6,9,13-15H2,1H3,(H,21,25)(H,22,24);3H,2H2,1H3. The van der Waals surface area contributed by atoms with Crippen molar-refractivity contribution in [3.63, 3.8) is 0 Å². The molecular weight excluding hydrogens is 372 g/mol. The first-order chi connectivity index (χ1) is 13.6. The van der Waals surface area contributed by atoms with Gasteiger partial charge in [0, 0.05) is 25.7 Å². The van der Waals surface area contributed by atoms with E-state index in [0.29, 0.717) is 11.5 Å². The second-order valence-corrected chi connectivity index (χ2v) is 6.59. The zero-order chi connectivity index (χ0) is 20.6. The molecule has 8 heteroatoms. The van der Waals surface area contributed by atoms with Crippen molar-refractivity contribution >= 4 is 23.2 Å². The van der Waals surface area contributed by atoms with Gasteiger partial charge in [-0.05, 0) is 44.6 Å². The van der Waals surface area contributed by atoms with Gasteiger partial charge in [0.05, 0.1) is 6.04 Å². The zero-order valence-electron chi connectivity index (χ0n) is 16.7. The number of hydrogen-bond acceptors (Lipinski definition) is 5. The summed E-state index contributed by atoms with van der Waals surface area (Å²) in [6, 6.07) is 0.177. The topological polar surface area (TPSA) is 94.5 Å². The number of hydrazine groups is 2. The van der Waals surface area contributed by atoms with E-state index in [9.17, 15) is 4.79 Å². The van der Waals surface area contributed by atoms with Crippen molar-refractivity contribution < 1.29 is 4.79 Å². The molecule has 0 spiro atoms. The Labute approximate surface area is 173 Å². The quantitative estimate of drug-likeness (QED) is 0.198. The molecule has 2 rings (SSSR count). The molecule has 7 nitrogen and oxygen atoms in total. The molecule has 0 bridgehead atoms. The lowest BCUT2D eigenvalue weighted by molar-refractivity contribution is -0.124. The Kier molecular flexibility index (Phi) is 12.3. The van der Waals surface area contributed by atoms with Gasteiger partial charge in [-0.1, -0.05) is 48.6 Å². The number of nitrogens with zero attached hydrogens (tertiary/aromatic N) is 1. The first-order valence-electron chi connectivity index (χ1n) is 9.38. The predicted molar refractivity (Wildman–Crippen MR) is 120 cm³/mol. The number of hydrogen-bond donors (Lipinski definition) is 5. The number of nitrogens with two attached hydrogens (primary N) is 1. The summed E-state index contributed by atoms with van der Waals surface area (Å²) >= 11 is 5.32. The number of carbonyl (C=O) groups excluding carboxylic acids is 1. The molecule has 0 aliphatic heterocycles. The minimum atomic E-state index is -0.0420. The van der Waals surface area contributed by atoms with Crippen LogP contribution in [0.1, 0.15) is 25.7 Å². The van der Waals surface area contributed by atoms with Crippen LogP contribution < -0.4 is 27.3 Å². The average Bonchev–Trinajstić information content (AvgIpc) is 2.95. The first-order valence-corrected chi connectivity index (χ1v) is 9.79.